The summed E-state index contributed by atoms with van der Waals surface area (Å²) in [7, 11) is -2.28. The first-order valence-electron chi connectivity index (χ1n) is 6.86. The molecule has 0 heterocycles. The van der Waals surface area contributed by atoms with Crippen LogP contribution in [-0.4, -0.2) is 39.8 Å². The van der Waals surface area contributed by atoms with Crippen molar-refractivity contribution >= 4 is 28.6 Å². The molecule has 22 heavy (non-hydrogen) atoms. The van der Waals surface area contributed by atoms with Gasteiger partial charge in [-0.3, -0.25) is 4.79 Å². The van der Waals surface area contributed by atoms with E-state index in [0.717, 1.165) is 0 Å². The van der Waals surface area contributed by atoms with Crippen molar-refractivity contribution in [2.24, 2.45) is 5.92 Å². The summed E-state index contributed by atoms with van der Waals surface area (Å²) in [5.74, 6) is 0.502. The van der Waals surface area contributed by atoms with Crippen molar-refractivity contribution in [1.82, 2.24) is 10.0 Å². The van der Waals surface area contributed by atoms with Gasteiger partial charge in [0.25, 0.3) is 0 Å². The van der Waals surface area contributed by atoms with Crippen molar-refractivity contribution < 1.29 is 17.9 Å². The third-order valence-electron chi connectivity index (χ3n) is 3.01. The van der Waals surface area contributed by atoms with Gasteiger partial charge in [0.15, 0.2) is 0 Å². The van der Waals surface area contributed by atoms with Crippen molar-refractivity contribution in [3.63, 3.8) is 0 Å². The van der Waals surface area contributed by atoms with Gasteiger partial charge in [0.05, 0.1) is 12.0 Å². The standard InChI is InChI=1S/C14H22N2O4S2/c1-10(2)13(14(17)15-8-9-21)16-22(18,19)12-6-4-11(20-3)5-7-12/h4-7,10,13,16,21H,8-9H2,1-3H3,(H,15,17)/t13-/m1/s1. The van der Waals surface area contributed by atoms with Gasteiger partial charge in [0, 0.05) is 12.3 Å². The largest absolute Gasteiger partial charge is 0.497 e. The quantitative estimate of drug-likeness (QED) is 0.614. The molecule has 0 radical (unpaired) electrons. The molecule has 0 aliphatic rings. The Labute approximate surface area is 137 Å². The Bertz CT molecular complexity index is 585. The first kappa shape index (κ1) is 18.8. The summed E-state index contributed by atoms with van der Waals surface area (Å²) in [6.07, 6.45) is 0. The zero-order valence-corrected chi connectivity index (χ0v) is 14.6. The van der Waals surface area contributed by atoms with Gasteiger partial charge < -0.3 is 10.1 Å². The second-order valence-corrected chi connectivity index (χ2v) is 7.19. The topological polar surface area (TPSA) is 84.5 Å². The monoisotopic (exact) mass is 346 g/mol. The molecule has 1 aromatic rings. The highest BCUT2D eigenvalue weighted by Crippen LogP contribution is 2.16. The number of methoxy groups -OCH3 is 1. The molecular weight excluding hydrogens is 324 g/mol. The van der Waals surface area contributed by atoms with Crippen molar-refractivity contribution in [3.8, 4) is 5.75 Å². The molecule has 0 aliphatic carbocycles. The Kier molecular flexibility index (Phi) is 7.18. The molecule has 0 bridgehead atoms. The molecule has 0 fully saturated rings. The molecule has 6 nitrogen and oxygen atoms in total. The number of rotatable bonds is 8. The van der Waals surface area contributed by atoms with E-state index >= 15 is 0 Å². The number of sulfonamides is 1. The second-order valence-electron chi connectivity index (χ2n) is 5.03. The summed E-state index contributed by atoms with van der Waals surface area (Å²) in [6.45, 7) is 3.94. The summed E-state index contributed by atoms with van der Waals surface area (Å²) >= 11 is 4.01. The van der Waals surface area contributed by atoms with E-state index in [1.807, 2.05) is 0 Å². The maximum absolute atomic E-state index is 12.4. The number of thiol groups is 1. The molecule has 1 aromatic carbocycles. The molecule has 0 spiro atoms. The normalized spacial score (nSPS) is 13.0. The lowest BCUT2D eigenvalue weighted by Crippen LogP contribution is -2.49. The van der Waals surface area contributed by atoms with Gasteiger partial charge in [-0.15, -0.1) is 0 Å². The second kappa shape index (κ2) is 8.40. The molecule has 0 aromatic heterocycles. The van der Waals surface area contributed by atoms with Crippen molar-refractivity contribution in [3.05, 3.63) is 24.3 Å². The van der Waals surface area contributed by atoms with Crippen LogP contribution in [0.3, 0.4) is 0 Å². The van der Waals surface area contributed by atoms with Crippen LogP contribution >= 0.6 is 12.6 Å². The van der Waals surface area contributed by atoms with Crippen LogP contribution in [0.25, 0.3) is 0 Å². The fraction of sp³-hybridized carbons (Fsp3) is 0.500. The molecule has 0 aliphatic heterocycles. The maximum atomic E-state index is 12.4. The molecule has 1 amide bonds. The third-order valence-corrected chi connectivity index (χ3v) is 4.69. The van der Waals surface area contributed by atoms with Crippen molar-refractivity contribution in [2.45, 2.75) is 24.8 Å². The zero-order valence-electron chi connectivity index (χ0n) is 12.9. The summed E-state index contributed by atoms with van der Waals surface area (Å²) < 4.78 is 32.2. The van der Waals surface area contributed by atoms with E-state index in [2.05, 4.69) is 22.7 Å². The Morgan fingerprint density at radius 3 is 2.32 bits per heavy atom. The maximum Gasteiger partial charge on any atom is 0.241 e. The molecule has 124 valence electrons. The highest BCUT2D eigenvalue weighted by Gasteiger charge is 2.28. The lowest BCUT2D eigenvalue weighted by molar-refractivity contribution is -0.123. The molecule has 0 saturated heterocycles. The zero-order chi connectivity index (χ0) is 16.8. The van der Waals surface area contributed by atoms with Gasteiger partial charge in [0.2, 0.25) is 15.9 Å². The molecular formula is C14H22N2O4S2. The van der Waals surface area contributed by atoms with Gasteiger partial charge in [-0.1, -0.05) is 13.8 Å². The van der Waals surface area contributed by atoms with Crippen molar-refractivity contribution in [1.29, 1.82) is 0 Å². The van der Waals surface area contributed by atoms with Crippen LogP contribution in [0.4, 0.5) is 0 Å². The number of carbonyl (C=O) groups is 1. The van der Waals surface area contributed by atoms with E-state index in [0.29, 0.717) is 18.0 Å². The van der Waals surface area contributed by atoms with Crippen LogP contribution in [-0.2, 0) is 14.8 Å². The minimum atomic E-state index is -3.79. The first-order valence-corrected chi connectivity index (χ1v) is 8.98. The van der Waals surface area contributed by atoms with E-state index in [4.69, 9.17) is 4.74 Å². The number of benzene rings is 1. The number of ether oxygens (including phenoxy) is 1. The third kappa shape index (κ3) is 5.19. The molecule has 0 unspecified atom stereocenters. The highest BCUT2D eigenvalue weighted by molar-refractivity contribution is 7.89. The molecule has 2 N–H and O–H groups in total. The van der Waals surface area contributed by atoms with Gasteiger partial charge in [-0.25, -0.2) is 8.42 Å². The van der Waals surface area contributed by atoms with Crippen LogP contribution in [0.5, 0.6) is 5.75 Å². The predicted molar refractivity (Wildman–Crippen MR) is 88.8 cm³/mol. The van der Waals surface area contributed by atoms with E-state index in [-0.39, 0.29) is 16.7 Å². The Morgan fingerprint density at radius 1 is 1.27 bits per heavy atom. The van der Waals surface area contributed by atoms with Crippen LogP contribution in [0.1, 0.15) is 13.8 Å². The summed E-state index contributed by atoms with van der Waals surface area (Å²) in [6, 6.07) is 5.14. The minimum absolute atomic E-state index is 0.0842. The van der Waals surface area contributed by atoms with Crippen LogP contribution < -0.4 is 14.8 Å². The van der Waals surface area contributed by atoms with Gasteiger partial charge in [-0.05, 0) is 30.2 Å². The van der Waals surface area contributed by atoms with Crippen molar-refractivity contribution in [2.75, 3.05) is 19.4 Å². The van der Waals surface area contributed by atoms with Crippen LogP contribution in [0.15, 0.2) is 29.2 Å². The number of amides is 1. The minimum Gasteiger partial charge on any atom is -0.497 e. The lowest BCUT2D eigenvalue weighted by Gasteiger charge is -2.21. The van der Waals surface area contributed by atoms with E-state index < -0.39 is 16.1 Å². The summed E-state index contributed by atoms with van der Waals surface area (Å²) in [4.78, 5) is 12.1. The van der Waals surface area contributed by atoms with Crippen LogP contribution in [0.2, 0.25) is 0 Å². The number of hydrogen-bond acceptors (Lipinski definition) is 5. The number of carbonyl (C=O) groups excluding carboxylic acids is 1. The van der Waals surface area contributed by atoms with E-state index in [9.17, 15) is 13.2 Å². The van der Waals surface area contributed by atoms with Gasteiger partial charge in [-0.2, -0.15) is 17.4 Å². The fourth-order valence-corrected chi connectivity index (χ4v) is 3.23. The predicted octanol–water partition coefficient (Wildman–Crippen LogP) is 1.04. The Balaban J connectivity index is 2.92. The summed E-state index contributed by atoms with van der Waals surface area (Å²) in [5.41, 5.74) is 0. The molecule has 8 heteroatoms. The highest BCUT2D eigenvalue weighted by atomic mass is 32.2. The lowest BCUT2D eigenvalue weighted by atomic mass is 10.1. The van der Waals surface area contributed by atoms with E-state index in [1.165, 1.54) is 19.2 Å². The van der Waals surface area contributed by atoms with Gasteiger partial charge in [0.1, 0.15) is 11.8 Å². The molecule has 1 rings (SSSR count). The van der Waals surface area contributed by atoms with E-state index in [1.54, 1.807) is 26.0 Å². The van der Waals surface area contributed by atoms with Crippen LogP contribution in [0, 0.1) is 5.92 Å². The smallest absolute Gasteiger partial charge is 0.241 e. The molecule has 0 saturated carbocycles. The Hall–Kier alpha value is -1.25. The van der Waals surface area contributed by atoms with Gasteiger partial charge >= 0.3 is 0 Å². The average molecular weight is 346 g/mol. The SMILES string of the molecule is COc1ccc(S(=O)(=O)N[C@@H](C(=O)NCCS)C(C)C)cc1. The fourth-order valence-electron chi connectivity index (χ4n) is 1.77. The average Bonchev–Trinajstić information content (AvgIpc) is 2.50. The molecule has 1 atom stereocenters. The Morgan fingerprint density at radius 2 is 1.86 bits per heavy atom. The summed E-state index contributed by atoms with van der Waals surface area (Å²) in [5, 5.41) is 2.64. The first-order chi connectivity index (χ1) is 10.3. The number of hydrogen-bond donors (Lipinski definition) is 3. The number of nitrogens with one attached hydrogen (secondary N) is 2.